The van der Waals surface area contributed by atoms with Crippen LogP contribution >= 0.6 is 0 Å². The van der Waals surface area contributed by atoms with Crippen LogP contribution in [-0.4, -0.2) is 23.7 Å². The Morgan fingerprint density at radius 1 is 1.09 bits per heavy atom. The second-order valence-electron chi connectivity index (χ2n) is 5.47. The van der Waals surface area contributed by atoms with Crippen LogP contribution in [0.2, 0.25) is 0 Å². The topological polar surface area (TPSA) is 63.6 Å². The van der Waals surface area contributed by atoms with E-state index in [1.807, 2.05) is 18.2 Å². The van der Waals surface area contributed by atoms with E-state index >= 15 is 0 Å². The lowest BCUT2D eigenvalue weighted by atomic mass is 9.95. The molecule has 0 radical (unpaired) electrons. The highest BCUT2D eigenvalue weighted by Crippen LogP contribution is 2.18. The summed E-state index contributed by atoms with van der Waals surface area (Å²) in [7, 11) is 0. The van der Waals surface area contributed by atoms with Gasteiger partial charge in [0.2, 0.25) is 0 Å². The number of carboxylic acids is 1. The van der Waals surface area contributed by atoms with Crippen LogP contribution in [0.5, 0.6) is 0 Å². The number of hydrogen-bond acceptors (Lipinski definition) is 3. The van der Waals surface area contributed by atoms with E-state index in [9.17, 15) is 9.59 Å². The minimum Gasteiger partial charge on any atom is -0.481 e. The number of aryl methyl sites for hydroxylation is 1. The fraction of sp³-hybridized carbons (Fsp3) is 0.556. The molecule has 4 nitrogen and oxygen atoms in total. The Bertz CT molecular complexity index is 442. The highest BCUT2D eigenvalue weighted by atomic mass is 16.5. The molecule has 0 fully saturated rings. The average Bonchev–Trinajstić information content (AvgIpc) is 2.51. The molecular formula is C18H26O4. The lowest BCUT2D eigenvalue weighted by Crippen LogP contribution is -2.19. The van der Waals surface area contributed by atoms with Crippen LogP contribution in [0.1, 0.15) is 51.0 Å². The molecule has 0 unspecified atom stereocenters. The number of unbranched alkanes of at least 4 members (excludes halogenated alkanes) is 2. The minimum atomic E-state index is -0.863. The normalized spacial score (nSPS) is 11.9. The molecule has 1 atom stereocenters. The Hall–Kier alpha value is -1.84. The molecule has 0 amide bonds. The minimum absolute atomic E-state index is 0.0213. The number of aliphatic carboxylic acids is 1. The second-order valence-corrected chi connectivity index (χ2v) is 5.47. The summed E-state index contributed by atoms with van der Waals surface area (Å²) in [5.74, 6) is -1.40. The van der Waals surface area contributed by atoms with Crippen molar-refractivity contribution >= 4 is 11.9 Å². The maximum Gasteiger partial charge on any atom is 0.308 e. The first kappa shape index (κ1) is 18.2. The first-order valence-electron chi connectivity index (χ1n) is 8.05. The van der Waals surface area contributed by atoms with Crippen molar-refractivity contribution in [1.29, 1.82) is 0 Å². The molecule has 0 aliphatic rings. The van der Waals surface area contributed by atoms with Gasteiger partial charge >= 0.3 is 11.9 Å². The summed E-state index contributed by atoms with van der Waals surface area (Å²) in [5, 5.41) is 8.76. The Labute approximate surface area is 132 Å². The van der Waals surface area contributed by atoms with Crippen LogP contribution in [0.4, 0.5) is 0 Å². The third-order valence-electron chi connectivity index (χ3n) is 3.69. The zero-order valence-corrected chi connectivity index (χ0v) is 13.3. The standard InChI is InChI=1S/C18H26O4/c1-2-22-18(21)16(13-14-17(19)20)12-8-4-7-11-15-9-5-3-6-10-15/h3,5-6,9-10,16H,2,4,7-8,11-14H2,1H3,(H,19,20)/t16-/m1/s1. The van der Waals surface area contributed by atoms with Gasteiger partial charge in [-0.05, 0) is 38.2 Å². The molecule has 0 aliphatic carbocycles. The van der Waals surface area contributed by atoms with Crippen LogP contribution in [-0.2, 0) is 20.7 Å². The van der Waals surface area contributed by atoms with Gasteiger partial charge in [0.25, 0.3) is 0 Å². The molecule has 4 heteroatoms. The Kier molecular flexibility index (Phi) is 8.96. The number of rotatable bonds is 11. The van der Waals surface area contributed by atoms with Gasteiger partial charge in [-0.25, -0.2) is 0 Å². The van der Waals surface area contributed by atoms with Crippen molar-refractivity contribution in [1.82, 2.24) is 0 Å². The van der Waals surface area contributed by atoms with E-state index in [0.717, 1.165) is 25.7 Å². The van der Waals surface area contributed by atoms with Crippen LogP contribution in [0, 0.1) is 5.92 Å². The predicted octanol–water partition coefficient (Wildman–Crippen LogP) is 3.83. The molecule has 0 spiro atoms. The molecule has 0 saturated heterocycles. The molecule has 1 rings (SSSR count). The summed E-state index contributed by atoms with van der Waals surface area (Å²) >= 11 is 0. The number of carbonyl (C=O) groups is 2. The zero-order chi connectivity index (χ0) is 16.2. The lowest BCUT2D eigenvalue weighted by Gasteiger charge is -2.14. The fourth-order valence-electron chi connectivity index (χ4n) is 2.48. The van der Waals surface area contributed by atoms with Crippen LogP contribution in [0.25, 0.3) is 0 Å². The Balaban J connectivity index is 2.26. The predicted molar refractivity (Wildman–Crippen MR) is 85.6 cm³/mol. The molecule has 0 saturated carbocycles. The van der Waals surface area contributed by atoms with Gasteiger partial charge in [0.1, 0.15) is 0 Å². The van der Waals surface area contributed by atoms with Crippen LogP contribution < -0.4 is 0 Å². The largest absolute Gasteiger partial charge is 0.481 e. The van der Waals surface area contributed by atoms with Crippen molar-refractivity contribution in [2.45, 2.75) is 51.9 Å². The highest BCUT2D eigenvalue weighted by molar-refractivity contribution is 5.73. The Morgan fingerprint density at radius 3 is 2.45 bits per heavy atom. The number of benzene rings is 1. The van der Waals surface area contributed by atoms with Crippen molar-refractivity contribution in [2.75, 3.05) is 6.61 Å². The summed E-state index contributed by atoms with van der Waals surface area (Å²) in [4.78, 5) is 22.5. The average molecular weight is 306 g/mol. The summed E-state index contributed by atoms with van der Waals surface area (Å²) in [5.41, 5.74) is 1.33. The van der Waals surface area contributed by atoms with Crippen molar-refractivity contribution in [3.8, 4) is 0 Å². The van der Waals surface area contributed by atoms with E-state index in [4.69, 9.17) is 9.84 Å². The van der Waals surface area contributed by atoms with Crippen LogP contribution in [0.15, 0.2) is 30.3 Å². The summed E-state index contributed by atoms with van der Waals surface area (Å²) in [6.07, 6.45) is 5.19. The number of carbonyl (C=O) groups excluding carboxylic acids is 1. The van der Waals surface area contributed by atoms with Crippen molar-refractivity contribution in [3.05, 3.63) is 35.9 Å². The monoisotopic (exact) mass is 306 g/mol. The van der Waals surface area contributed by atoms with E-state index in [1.54, 1.807) is 6.92 Å². The quantitative estimate of drug-likeness (QED) is 0.498. The van der Waals surface area contributed by atoms with E-state index in [0.29, 0.717) is 19.4 Å². The molecule has 1 aromatic rings. The van der Waals surface area contributed by atoms with Gasteiger partial charge in [0.15, 0.2) is 0 Å². The number of esters is 1. The van der Waals surface area contributed by atoms with Gasteiger partial charge in [-0.2, -0.15) is 0 Å². The molecule has 0 aromatic heterocycles. The van der Waals surface area contributed by atoms with Gasteiger partial charge in [0, 0.05) is 6.42 Å². The summed E-state index contributed by atoms with van der Waals surface area (Å²) in [6, 6.07) is 10.3. The van der Waals surface area contributed by atoms with Gasteiger partial charge in [-0.3, -0.25) is 9.59 Å². The molecule has 122 valence electrons. The van der Waals surface area contributed by atoms with Crippen molar-refractivity contribution < 1.29 is 19.4 Å². The van der Waals surface area contributed by atoms with E-state index in [2.05, 4.69) is 12.1 Å². The third kappa shape index (κ3) is 7.81. The van der Waals surface area contributed by atoms with Crippen LogP contribution in [0.3, 0.4) is 0 Å². The maximum absolute atomic E-state index is 11.8. The zero-order valence-electron chi connectivity index (χ0n) is 13.3. The second kappa shape index (κ2) is 10.8. The lowest BCUT2D eigenvalue weighted by molar-refractivity contribution is -0.149. The summed E-state index contributed by atoms with van der Waals surface area (Å²) in [6.45, 7) is 2.11. The van der Waals surface area contributed by atoms with Gasteiger partial charge in [-0.1, -0.05) is 43.2 Å². The smallest absolute Gasteiger partial charge is 0.308 e. The van der Waals surface area contributed by atoms with Crippen molar-refractivity contribution in [2.24, 2.45) is 5.92 Å². The molecule has 0 aliphatic heterocycles. The SMILES string of the molecule is CCOC(=O)[C@H](CCCCCc1ccccc1)CCC(=O)O. The number of ether oxygens (including phenoxy) is 1. The van der Waals surface area contributed by atoms with E-state index < -0.39 is 5.97 Å². The summed E-state index contributed by atoms with van der Waals surface area (Å²) < 4.78 is 5.03. The molecule has 1 N–H and O–H groups in total. The van der Waals surface area contributed by atoms with Crippen molar-refractivity contribution in [3.63, 3.8) is 0 Å². The first-order valence-corrected chi connectivity index (χ1v) is 8.05. The van der Waals surface area contributed by atoms with Gasteiger partial charge in [0.05, 0.1) is 12.5 Å². The third-order valence-corrected chi connectivity index (χ3v) is 3.69. The first-order chi connectivity index (χ1) is 10.6. The number of hydrogen-bond donors (Lipinski definition) is 1. The molecule has 1 aromatic carbocycles. The fourth-order valence-corrected chi connectivity index (χ4v) is 2.48. The Morgan fingerprint density at radius 2 is 1.82 bits per heavy atom. The number of carboxylic acid groups (broad SMARTS) is 1. The molecule has 22 heavy (non-hydrogen) atoms. The van der Waals surface area contributed by atoms with E-state index in [-0.39, 0.29) is 18.3 Å². The molecular weight excluding hydrogens is 280 g/mol. The molecule has 0 bridgehead atoms. The maximum atomic E-state index is 11.8. The van der Waals surface area contributed by atoms with Gasteiger partial charge < -0.3 is 9.84 Å². The van der Waals surface area contributed by atoms with E-state index in [1.165, 1.54) is 5.56 Å². The highest BCUT2D eigenvalue weighted by Gasteiger charge is 2.20. The van der Waals surface area contributed by atoms with Gasteiger partial charge in [-0.15, -0.1) is 0 Å². The molecule has 0 heterocycles.